The number of fused-ring (bicyclic) bond motifs is 1. The molecule has 3 amide bonds. The highest BCUT2D eigenvalue weighted by Crippen LogP contribution is 2.34. The quantitative estimate of drug-likeness (QED) is 0.525. The van der Waals surface area contributed by atoms with Crippen molar-refractivity contribution in [2.24, 2.45) is 0 Å². The van der Waals surface area contributed by atoms with E-state index in [4.69, 9.17) is 26.3 Å². The molecule has 2 aliphatic rings. The van der Waals surface area contributed by atoms with Crippen LogP contribution in [-0.4, -0.2) is 59.9 Å². The zero-order chi connectivity index (χ0) is 21.1. The van der Waals surface area contributed by atoms with Crippen molar-refractivity contribution >= 4 is 37.0 Å². The van der Waals surface area contributed by atoms with Gasteiger partial charge in [0.1, 0.15) is 12.4 Å². The van der Waals surface area contributed by atoms with Crippen LogP contribution >= 0.6 is 25.1 Å². The highest BCUT2D eigenvalue weighted by atomic mass is 35.5. The largest absolute Gasteiger partial charge is 0.491 e. The van der Waals surface area contributed by atoms with E-state index < -0.39 is 5.91 Å². The van der Waals surface area contributed by atoms with Crippen LogP contribution < -0.4 is 10.2 Å². The summed E-state index contributed by atoms with van der Waals surface area (Å²) in [5, 5.41) is 9.48. The fraction of sp³-hybridized carbons (Fsp3) is 0.333. The van der Waals surface area contributed by atoms with E-state index in [0.29, 0.717) is 43.6 Å². The Labute approximate surface area is 192 Å². The molecule has 0 radical (unpaired) electrons. The summed E-state index contributed by atoms with van der Waals surface area (Å²) in [6.07, 6.45) is 0. The molecule has 1 atom stereocenters. The minimum atomic E-state index is -0.627. The van der Waals surface area contributed by atoms with Crippen molar-refractivity contribution in [3.63, 3.8) is 0 Å². The molecule has 0 unspecified atom stereocenters. The van der Waals surface area contributed by atoms with Crippen LogP contribution in [0.15, 0.2) is 42.5 Å². The molecule has 2 aromatic rings. The lowest BCUT2D eigenvalue weighted by Gasteiger charge is -2.36. The molecule has 8 nitrogen and oxygen atoms in total. The molecule has 0 saturated carbocycles. The van der Waals surface area contributed by atoms with Crippen LogP contribution in [0.4, 0.5) is 4.79 Å². The molecule has 2 aromatic carbocycles. The van der Waals surface area contributed by atoms with Gasteiger partial charge >= 0.3 is 6.03 Å². The first-order chi connectivity index (χ1) is 14.6. The van der Waals surface area contributed by atoms with Crippen molar-refractivity contribution in [3.05, 3.63) is 64.2 Å². The first-order valence-corrected chi connectivity index (χ1v) is 10.0. The Morgan fingerprint density at radius 2 is 1.90 bits per heavy atom. The zero-order valence-corrected chi connectivity index (χ0v) is 18.5. The monoisotopic (exact) mass is 465 g/mol. The van der Waals surface area contributed by atoms with Gasteiger partial charge in [-0.1, -0.05) is 29.8 Å². The summed E-state index contributed by atoms with van der Waals surface area (Å²) in [5.41, 5.74) is 3.53. The Morgan fingerprint density at radius 3 is 2.61 bits per heavy atom. The summed E-state index contributed by atoms with van der Waals surface area (Å²) < 4.78 is 11.4. The maximum absolute atomic E-state index is 13.4. The number of hydrogen-bond donors (Lipinski definition) is 2. The number of halogens is 1. The van der Waals surface area contributed by atoms with Gasteiger partial charge in [-0.25, -0.2) is 10.3 Å². The van der Waals surface area contributed by atoms with E-state index in [2.05, 4.69) is 0 Å². The van der Waals surface area contributed by atoms with Crippen LogP contribution in [0.1, 0.15) is 27.5 Å². The standard InChI is InChI=1S/C21H22ClN3O5.H2S/c22-17-3-1-2-14(10-17)18-13-30-19-11-15(20(26)23-28)4-5-16(19)12-25(18)21(27)24-6-8-29-9-7-24;/h1-5,10-11,18,28H,6-9,12-13H2,(H,23,26);1H2/t18-;/m1./s1. The third-order valence-corrected chi connectivity index (χ3v) is 5.54. The van der Waals surface area contributed by atoms with Gasteiger partial charge in [0.05, 0.1) is 25.8 Å². The number of nitrogens with one attached hydrogen (secondary N) is 1. The van der Waals surface area contributed by atoms with Gasteiger partial charge in [-0.2, -0.15) is 13.5 Å². The molecule has 1 fully saturated rings. The van der Waals surface area contributed by atoms with Crippen LogP contribution in [0.3, 0.4) is 0 Å². The Hall–Kier alpha value is -2.46. The summed E-state index contributed by atoms with van der Waals surface area (Å²) in [6.45, 7) is 2.58. The highest BCUT2D eigenvalue weighted by molar-refractivity contribution is 7.59. The summed E-state index contributed by atoms with van der Waals surface area (Å²) in [7, 11) is 0. The second-order valence-electron chi connectivity index (χ2n) is 7.16. The van der Waals surface area contributed by atoms with E-state index >= 15 is 0 Å². The van der Waals surface area contributed by atoms with Gasteiger partial charge < -0.3 is 19.3 Å². The van der Waals surface area contributed by atoms with Crippen LogP contribution in [0, 0.1) is 0 Å². The van der Waals surface area contributed by atoms with Crippen LogP contribution in [0.2, 0.25) is 5.02 Å². The summed E-state index contributed by atoms with van der Waals surface area (Å²) >= 11 is 6.20. The van der Waals surface area contributed by atoms with Gasteiger partial charge in [-0.3, -0.25) is 10.0 Å². The number of morpholine rings is 1. The SMILES string of the molecule is O=C(NO)c1ccc2c(c1)OC[C@H](c1cccc(Cl)c1)N(C(=O)N1CCOCC1)C2.S. The number of urea groups is 1. The van der Waals surface area contributed by atoms with E-state index in [9.17, 15) is 9.59 Å². The number of rotatable bonds is 2. The Morgan fingerprint density at radius 1 is 1.13 bits per heavy atom. The molecule has 0 aromatic heterocycles. The molecule has 0 spiro atoms. The molecule has 166 valence electrons. The zero-order valence-electron chi connectivity index (χ0n) is 16.7. The summed E-state index contributed by atoms with van der Waals surface area (Å²) in [5.74, 6) is -0.126. The molecular weight excluding hydrogens is 442 g/mol. The van der Waals surface area contributed by atoms with Crippen LogP contribution in [0.5, 0.6) is 5.75 Å². The number of ether oxygens (including phenoxy) is 2. The van der Waals surface area contributed by atoms with Gasteiger partial charge in [0, 0.05) is 29.2 Å². The molecule has 0 aliphatic carbocycles. The minimum Gasteiger partial charge on any atom is -0.491 e. The van der Waals surface area contributed by atoms with Gasteiger partial charge in [0.15, 0.2) is 0 Å². The lowest BCUT2D eigenvalue weighted by Crippen LogP contribution is -2.49. The highest BCUT2D eigenvalue weighted by Gasteiger charge is 2.33. The number of hydroxylamine groups is 1. The first kappa shape index (κ1) is 23.2. The maximum Gasteiger partial charge on any atom is 0.321 e. The van der Waals surface area contributed by atoms with Crippen molar-refractivity contribution in [2.75, 3.05) is 32.9 Å². The Bertz CT molecular complexity index is 954. The van der Waals surface area contributed by atoms with Crippen molar-refractivity contribution in [3.8, 4) is 5.75 Å². The third-order valence-electron chi connectivity index (χ3n) is 5.31. The number of nitrogens with zero attached hydrogens (tertiary/aromatic N) is 2. The number of carbonyl (C=O) groups excluding carboxylic acids is 2. The van der Waals surface area contributed by atoms with Gasteiger partial charge in [0.25, 0.3) is 5.91 Å². The fourth-order valence-corrected chi connectivity index (χ4v) is 3.90. The molecule has 31 heavy (non-hydrogen) atoms. The van der Waals surface area contributed by atoms with Crippen LogP contribution in [-0.2, 0) is 11.3 Å². The second-order valence-corrected chi connectivity index (χ2v) is 7.59. The Kier molecular flexibility index (Phi) is 7.66. The average molecular weight is 466 g/mol. The summed E-state index contributed by atoms with van der Waals surface area (Å²) in [4.78, 5) is 28.7. The van der Waals surface area contributed by atoms with Gasteiger partial charge in [-0.05, 0) is 29.8 Å². The second kappa shape index (κ2) is 10.2. The third kappa shape index (κ3) is 5.07. The number of benzene rings is 2. The lowest BCUT2D eigenvalue weighted by atomic mass is 10.1. The van der Waals surface area contributed by atoms with Gasteiger partial charge in [-0.15, -0.1) is 0 Å². The molecule has 2 heterocycles. The molecular formula is C21H24ClN3O5S. The topological polar surface area (TPSA) is 91.3 Å². The first-order valence-electron chi connectivity index (χ1n) is 9.65. The molecule has 2 N–H and O–H groups in total. The predicted octanol–water partition coefficient (Wildman–Crippen LogP) is 2.96. The molecule has 0 bridgehead atoms. The molecule has 2 aliphatic heterocycles. The summed E-state index contributed by atoms with van der Waals surface area (Å²) in [6, 6.07) is 11.8. The van der Waals surface area contributed by atoms with E-state index in [0.717, 1.165) is 11.1 Å². The van der Waals surface area contributed by atoms with E-state index in [1.54, 1.807) is 39.5 Å². The Balaban J connectivity index is 0.00000272. The van der Waals surface area contributed by atoms with Crippen molar-refractivity contribution in [1.82, 2.24) is 15.3 Å². The molecule has 10 heteroatoms. The lowest BCUT2D eigenvalue weighted by molar-refractivity contribution is 0.0362. The fourth-order valence-electron chi connectivity index (χ4n) is 3.70. The molecule has 1 saturated heterocycles. The van der Waals surface area contributed by atoms with E-state index in [-0.39, 0.29) is 37.7 Å². The normalized spacial score (nSPS) is 18.2. The number of carbonyl (C=O) groups is 2. The number of hydrogen-bond acceptors (Lipinski definition) is 5. The van der Waals surface area contributed by atoms with E-state index in [1.807, 2.05) is 18.2 Å². The van der Waals surface area contributed by atoms with Crippen LogP contribution in [0.25, 0.3) is 0 Å². The maximum atomic E-state index is 13.4. The minimum absolute atomic E-state index is 0. The van der Waals surface area contributed by atoms with Crippen molar-refractivity contribution < 1.29 is 24.3 Å². The smallest absolute Gasteiger partial charge is 0.321 e. The average Bonchev–Trinajstić information content (AvgIpc) is 2.98. The molecule has 4 rings (SSSR count). The van der Waals surface area contributed by atoms with Crippen molar-refractivity contribution in [2.45, 2.75) is 12.6 Å². The number of amides is 3. The van der Waals surface area contributed by atoms with Crippen molar-refractivity contribution in [1.29, 1.82) is 0 Å². The van der Waals surface area contributed by atoms with Gasteiger partial charge in [0.2, 0.25) is 0 Å². The van der Waals surface area contributed by atoms with E-state index in [1.165, 1.54) is 0 Å². The predicted molar refractivity (Wildman–Crippen MR) is 119 cm³/mol.